The Morgan fingerprint density at radius 3 is 2.14 bits per heavy atom. The second-order valence-electron chi connectivity index (χ2n) is 9.46. The zero-order valence-corrected chi connectivity index (χ0v) is 14.8. The molecule has 4 fully saturated rings. The summed E-state index contributed by atoms with van der Waals surface area (Å²) in [7, 11) is 0. The Balaban J connectivity index is 1.27. The maximum atomic E-state index is 1.62. The summed E-state index contributed by atoms with van der Waals surface area (Å²) in [5, 5.41) is 0. The van der Waals surface area contributed by atoms with Crippen molar-refractivity contribution in [1.82, 2.24) is 0 Å². The first-order valence-electron chi connectivity index (χ1n) is 10.9. The predicted octanol–water partition coefficient (Wildman–Crippen LogP) is 6.98. The molecule has 0 heteroatoms. The van der Waals surface area contributed by atoms with E-state index < -0.39 is 0 Å². The van der Waals surface area contributed by atoms with Crippen LogP contribution in [0.5, 0.6) is 0 Å². The van der Waals surface area contributed by atoms with E-state index in [1.807, 2.05) is 0 Å². The molecule has 0 heterocycles. The fourth-order valence-corrected chi connectivity index (χ4v) is 7.11. The van der Waals surface area contributed by atoms with Gasteiger partial charge in [0.05, 0.1) is 0 Å². The van der Waals surface area contributed by atoms with Gasteiger partial charge in [0.1, 0.15) is 0 Å². The first kappa shape index (κ1) is 15.5. The van der Waals surface area contributed by atoms with Crippen LogP contribution < -0.4 is 0 Å². The van der Waals surface area contributed by atoms with Gasteiger partial charge in [-0.3, -0.25) is 0 Å². The third-order valence-corrected chi connectivity index (χ3v) is 8.32. The SMILES string of the molecule is C1CCC2CC(CCC3CCCC4CCCCC43)CCC2C1. The molecule has 6 unspecified atom stereocenters. The summed E-state index contributed by atoms with van der Waals surface area (Å²) in [6.45, 7) is 0. The van der Waals surface area contributed by atoms with Gasteiger partial charge >= 0.3 is 0 Å². The zero-order valence-electron chi connectivity index (χ0n) is 14.8. The summed E-state index contributed by atoms with van der Waals surface area (Å²) in [5.74, 6) is 6.81. The largest absolute Gasteiger partial charge is 0.0530 e. The molecule has 0 saturated heterocycles. The van der Waals surface area contributed by atoms with Gasteiger partial charge in [0.25, 0.3) is 0 Å². The second-order valence-corrected chi connectivity index (χ2v) is 9.46. The molecule has 0 aromatic carbocycles. The van der Waals surface area contributed by atoms with Gasteiger partial charge in [-0.05, 0) is 61.2 Å². The molecule has 4 aliphatic carbocycles. The molecule has 0 N–H and O–H groups in total. The summed E-state index contributed by atoms with van der Waals surface area (Å²) in [6, 6.07) is 0. The van der Waals surface area contributed by atoms with Crippen LogP contribution in [0.25, 0.3) is 0 Å². The average molecular weight is 303 g/mol. The maximum Gasteiger partial charge on any atom is -0.0357 e. The van der Waals surface area contributed by atoms with Crippen molar-refractivity contribution in [1.29, 1.82) is 0 Å². The summed E-state index contributed by atoms with van der Waals surface area (Å²) < 4.78 is 0. The van der Waals surface area contributed by atoms with Crippen molar-refractivity contribution in [2.24, 2.45) is 35.5 Å². The Bertz CT molecular complexity index is 344. The fraction of sp³-hybridized carbons (Fsp3) is 1.00. The van der Waals surface area contributed by atoms with E-state index in [-0.39, 0.29) is 0 Å². The molecule has 4 aliphatic rings. The Morgan fingerprint density at radius 2 is 1.23 bits per heavy atom. The molecule has 0 bridgehead atoms. The van der Waals surface area contributed by atoms with Gasteiger partial charge in [-0.15, -0.1) is 0 Å². The third-order valence-electron chi connectivity index (χ3n) is 8.32. The molecule has 4 rings (SSSR count). The van der Waals surface area contributed by atoms with Crippen molar-refractivity contribution >= 4 is 0 Å². The van der Waals surface area contributed by atoms with E-state index in [2.05, 4.69) is 0 Å². The van der Waals surface area contributed by atoms with E-state index in [1.165, 1.54) is 6.42 Å². The first-order valence-corrected chi connectivity index (χ1v) is 10.9. The van der Waals surface area contributed by atoms with Crippen LogP contribution in [0.15, 0.2) is 0 Å². The van der Waals surface area contributed by atoms with Crippen LogP contribution >= 0.6 is 0 Å². The third kappa shape index (κ3) is 3.41. The maximum absolute atomic E-state index is 1.62. The molecular formula is C22H38. The summed E-state index contributed by atoms with van der Waals surface area (Å²) in [6.07, 6.45) is 25.2. The normalized spacial score (nSPS) is 45.8. The molecule has 0 aromatic heterocycles. The Kier molecular flexibility index (Phi) is 5.13. The highest BCUT2D eigenvalue weighted by molar-refractivity contribution is 4.87. The molecular weight excluding hydrogens is 264 g/mol. The van der Waals surface area contributed by atoms with Gasteiger partial charge in [0, 0.05) is 0 Å². The van der Waals surface area contributed by atoms with E-state index in [0.717, 1.165) is 35.5 Å². The first-order chi connectivity index (χ1) is 10.9. The minimum Gasteiger partial charge on any atom is -0.0530 e. The number of hydrogen-bond acceptors (Lipinski definition) is 0. The molecule has 6 atom stereocenters. The van der Waals surface area contributed by atoms with Gasteiger partial charge in [0.15, 0.2) is 0 Å². The van der Waals surface area contributed by atoms with Crippen molar-refractivity contribution in [3.05, 3.63) is 0 Å². The standard InChI is InChI=1S/C22H38/c1-2-8-21-16-17(12-14-18(21)6-1)13-15-20-10-5-9-19-7-3-4-11-22(19)20/h17-22H,1-16H2. The lowest BCUT2D eigenvalue weighted by atomic mass is 9.63. The molecule has 0 spiro atoms. The van der Waals surface area contributed by atoms with Crippen LogP contribution in [0.3, 0.4) is 0 Å². The van der Waals surface area contributed by atoms with Crippen LogP contribution in [0, 0.1) is 35.5 Å². The van der Waals surface area contributed by atoms with Gasteiger partial charge in [-0.25, -0.2) is 0 Å². The lowest BCUT2D eigenvalue weighted by Gasteiger charge is -2.43. The smallest absolute Gasteiger partial charge is 0.0357 e. The van der Waals surface area contributed by atoms with Crippen molar-refractivity contribution in [3.8, 4) is 0 Å². The average Bonchev–Trinajstić information content (AvgIpc) is 2.60. The van der Waals surface area contributed by atoms with Crippen molar-refractivity contribution in [2.45, 2.75) is 103 Å². The Morgan fingerprint density at radius 1 is 0.500 bits per heavy atom. The predicted molar refractivity (Wildman–Crippen MR) is 94.8 cm³/mol. The topological polar surface area (TPSA) is 0 Å². The van der Waals surface area contributed by atoms with E-state index in [9.17, 15) is 0 Å². The van der Waals surface area contributed by atoms with Gasteiger partial charge in [0.2, 0.25) is 0 Å². The second kappa shape index (κ2) is 7.27. The summed E-state index contributed by atoms with van der Waals surface area (Å²) in [5.41, 5.74) is 0. The molecule has 22 heavy (non-hydrogen) atoms. The lowest BCUT2D eigenvalue weighted by molar-refractivity contribution is 0.0806. The van der Waals surface area contributed by atoms with Gasteiger partial charge in [-0.1, -0.05) is 77.0 Å². The highest BCUT2D eigenvalue weighted by Gasteiger charge is 2.36. The molecule has 0 aliphatic heterocycles. The highest BCUT2D eigenvalue weighted by atomic mass is 14.4. The summed E-state index contributed by atoms with van der Waals surface area (Å²) >= 11 is 0. The molecule has 0 aromatic rings. The van der Waals surface area contributed by atoms with Crippen molar-refractivity contribution < 1.29 is 0 Å². The molecule has 0 nitrogen and oxygen atoms in total. The molecule has 4 saturated carbocycles. The Labute approximate surface area is 138 Å². The van der Waals surface area contributed by atoms with E-state index in [4.69, 9.17) is 0 Å². The minimum atomic E-state index is 1.11. The monoisotopic (exact) mass is 302 g/mol. The quantitative estimate of drug-likeness (QED) is 0.527. The Hall–Kier alpha value is 0. The zero-order chi connectivity index (χ0) is 14.8. The van der Waals surface area contributed by atoms with Crippen LogP contribution in [0.1, 0.15) is 103 Å². The van der Waals surface area contributed by atoms with E-state index in [0.29, 0.717) is 0 Å². The van der Waals surface area contributed by atoms with Crippen molar-refractivity contribution in [2.75, 3.05) is 0 Å². The number of rotatable bonds is 3. The van der Waals surface area contributed by atoms with Gasteiger partial charge < -0.3 is 0 Å². The van der Waals surface area contributed by atoms with Crippen LogP contribution in [-0.4, -0.2) is 0 Å². The van der Waals surface area contributed by atoms with E-state index in [1.54, 1.807) is 96.3 Å². The minimum absolute atomic E-state index is 1.11. The lowest BCUT2D eigenvalue weighted by Crippen LogP contribution is -2.32. The fourth-order valence-electron chi connectivity index (χ4n) is 7.11. The van der Waals surface area contributed by atoms with Crippen LogP contribution in [0.4, 0.5) is 0 Å². The molecule has 126 valence electrons. The molecule has 0 amide bonds. The number of hydrogen-bond donors (Lipinski definition) is 0. The van der Waals surface area contributed by atoms with Gasteiger partial charge in [-0.2, -0.15) is 0 Å². The van der Waals surface area contributed by atoms with Crippen molar-refractivity contribution in [3.63, 3.8) is 0 Å². The highest BCUT2D eigenvalue weighted by Crippen LogP contribution is 2.48. The summed E-state index contributed by atoms with van der Waals surface area (Å²) in [4.78, 5) is 0. The van der Waals surface area contributed by atoms with Crippen LogP contribution in [-0.2, 0) is 0 Å². The van der Waals surface area contributed by atoms with Crippen LogP contribution in [0.2, 0.25) is 0 Å². The molecule has 0 radical (unpaired) electrons. The van der Waals surface area contributed by atoms with E-state index >= 15 is 0 Å². The number of fused-ring (bicyclic) bond motifs is 2.